The van der Waals surface area contributed by atoms with Crippen LogP contribution in [0.2, 0.25) is 0 Å². The van der Waals surface area contributed by atoms with Gasteiger partial charge in [-0.25, -0.2) is 13.1 Å². The normalized spacial score (nSPS) is 22.3. The predicted molar refractivity (Wildman–Crippen MR) is 85.0 cm³/mol. The fourth-order valence-electron chi connectivity index (χ4n) is 2.65. The summed E-state index contributed by atoms with van der Waals surface area (Å²) < 4.78 is 24.4. The predicted octanol–water partition coefficient (Wildman–Crippen LogP) is -0.673. The molecule has 8 heteroatoms. The van der Waals surface area contributed by atoms with Gasteiger partial charge in [0.1, 0.15) is 0 Å². The summed E-state index contributed by atoms with van der Waals surface area (Å²) in [6, 6.07) is 1.31. The number of sulfonamides is 1. The van der Waals surface area contributed by atoms with E-state index in [2.05, 4.69) is 25.2 Å². The molecule has 2 aliphatic rings. The average molecular weight is 317 g/mol. The Hall–Kier alpha value is -0.860. The molecule has 3 N–H and O–H groups in total. The van der Waals surface area contributed by atoms with Gasteiger partial charge in [-0.1, -0.05) is 0 Å². The summed E-state index contributed by atoms with van der Waals surface area (Å²) in [6.45, 7) is 3.21. The standard InChI is InChI=1S/C13H27N5O2S/c1-14-13(15-7-8-16-21(2,19)20)17-11-5-9-18(10-6-11)12-3-4-12/h11-12,16H,3-10H2,1-2H3,(H2,14,15,17). The average Bonchev–Trinajstić information content (AvgIpc) is 3.26. The Labute approximate surface area is 127 Å². The van der Waals surface area contributed by atoms with Crippen LogP contribution in [0.5, 0.6) is 0 Å². The molecule has 1 saturated heterocycles. The van der Waals surface area contributed by atoms with E-state index in [1.54, 1.807) is 7.05 Å². The van der Waals surface area contributed by atoms with E-state index in [4.69, 9.17) is 0 Å². The third-order valence-corrected chi connectivity index (χ3v) is 4.67. The number of nitrogens with one attached hydrogen (secondary N) is 3. The van der Waals surface area contributed by atoms with Crippen LogP contribution in [0, 0.1) is 0 Å². The first kappa shape index (κ1) is 16.5. The molecule has 2 rings (SSSR count). The minimum atomic E-state index is -3.12. The number of piperidine rings is 1. The zero-order valence-electron chi connectivity index (χ0n) is 12.9. The molecular weight excluding hydrogens is 290 g/mol. The van der Waals surface area contributed by atoms with Crippen LogP contribution in [-0.4, -0.2) is 70.8 Å². The van der Waals surface area contributed by atoms with Crippen molar-refractivity contribution < 1.29 is 8.42 Å². The summed E-state index contributed by atoms with van der Waals surface area (Å²) in [6.07, 6.45) is 6.18. The monoisotopic (exact) mass is 317 g/mol. The number of rotatable bonds is 6. The summed E-state index contributed by atoms with van der Waals surface area (Å²) in [5.41, 5.74) is 0. The first-order valence-corrected chi connectivity index (χ1v) is 9.53. The second-order valence-electron chi connectivity index (χ2n) is 5.85. The van der Waals surface area contributed by atoms with E-state index in [-0.39, 0.29) is 0 Å². The second-order valence-corrected chi connectivity index (χ2v) is 7.68. The lowest BCUT2D eigenvalue weighted by molar-refractivity contribution is 0.197. The highest BCUT2D eigenvalue weighted by molar-refractivity contribution is 7.88. The van der Waals surface area contributed by atoms with Crippen molar-refractivity contribution in [1.82, 2.24) is 20.3 Å². The molecule has 0 spiro atoms. The van der Waals surface area contributed by atoms with Crippen molar-refractivity contribution in [3.63, 3.8) is 0 Å². The first-order valence-electron chi connectivity index (χ1n) is 7.64. The first-order chi connectivity index (χ1) is 9.98. The number of nitrogens with zero attached hydrogens (tertiary/aromatic N) is 2. The van der Waals surface area contributed by atoms with Crippen molar-refractivity contribution in [2.24, 2.45) is 4.99 Å². The van der Waals surface area contributed by atoms with E-state index >= 15 is 0 Å². The third-order valence-electron chi connectivity index (χ3n) is 3.94. The van der Waals surface area contributed by atoms with Gasteiger partial charge in [-0.15, -0.1) is 0 Å². The molecule has 1 heterocycles. The second kappa shape index (κ2) is 7.42. The molecule has 0 unspecified atom stereocenters. The van der Waals surface area contributed by atoms with Gasteiger partial charge in [0.25, 0.3) is 0 Å². The zero-order valence-corrected chi connectivity index (χ0v) is 13.7. The van der Waals surface area contributed by atoms with Crippen molar-refractivity contribution in [3.05, 3.63) is 0 Å². The van der Waals surface area contributed by atoms with Crippen LogP contribution in [0.1, 0.15) is 25.7 Å². The zero-order chi connectivity index (χ0) is 15.3. The van der Waals surface area contributed by atoms with E-state index in [0.29, 0.717) is 19.1 Å². The number of guanidine groups is 1. The Morgan fingerprint density at radius 2 is 1.86 bits per heavy atom. The fraction of sp³-hybridized carbons (Fsp3) is 0.923. The minimum Gasteiger partial charge on any atom is -0.355 e. The summed E-state index contributed by atoms with van der Waals surface area (Å²) in [7, 11) is -1.39. The smallest absolute Gasteiger partial charge is 0.208 e. The molecule has 0 aromatic carbocycles. The molecule has 0 aromatic rings. The van der Waals surface area contributed by atoms with E-state index in [1.165, 1.54) is 12.8 Å². The SMILES string of the molecule is CN=C(NCCNS(C)(=O)=O)NC1CCN(C2CC2)CC1. The minimum absolute atomic E-state index is 0.361. The third kappa shape index (κ3) is 6.19. The molecule has 0 bridgehead atoms. The lowest BCUT2D eigenvalue weighted by atomic mass is 10.1. The van der Waals surface area contributed by atoms with Crippen molar-refractivity contribution in [1.29, 1.82) is 0 Å². The highest BCUT2D eigenvalue weighted by Gasteiger charge is 2.31. The van der Waals surface area contributed by atoms with Crippen molar-refractivity contribution in [2.75, 3.05) is 39.5 Å². The topological polar surface area (TPSA) is 85.8 Å². The maximum absolute atomic E-state index is 11.0. The number of hydrogen-bond acceptors (Lipinski definition) is 4. The van der Waals surface area contributed by atoms with Crippen LogP contribution in [0.15, 0.2) is 4.99 Å². The summed E-state index contributed by atoms with van der Waals surface area (Å²) >= 11 is 0. The molecule has 21 heavy (non-hydrogen) atoms. The van der Waals surface area contributed by atoms with E-state index in [9.17, 15) is 8.42 Å². The molecule has 1 saturated carbocycles. The van der Waals surface area contributed by atoms with Gasteiger partial charge in [0, 0.05) is 45.3 Å². The van der Waals surface area contributed by atoms with Gasteiger partial charge in [-0.2, -0.15) is 0 Å². The molecule has 0 radical (unpaired) electrons. The molecule has 2 fully saturated rings. The van der Waals surface area contributed by atoms with Gasteiger partial charge in [-0.3, -0.25) is 4.99 Å². The Morgan fingerprint density at radius 3 is 2.38 bits per heavy atom. The van der Waals surface area contributed by atoms with E-state index in [0.717, 1.165) is 44.2 Å². The molecule has 0 aromatic heterocycles. The van der Waals surface area contributed by atoms with Gasteiger partial charge in [0.15, 0.2) is 5.96 Å². The van der Waals surface area contributed by atoms with Crippen LogP contribution in [0.3, 0.4) is 0 Å². The molecule has 122 valence electrons. The van der Waals surface area contributed by atoms with Crippen LogP contribution in [0.25, 0.3) is 0 Å². The van der Waals surface area contributed by atoms with Gasteiger partial charge in [-0.05, 0) is 25.7 Å². The molecule has 7 nitrogen and oxygen atoms in total. The maximum atomic E-state index is 11.0. The van der Waals surface area contributed by atoms with Crippen LogP contribution in [-0.2, 0) is 10.0 Å². The van der Waals surface area contributed by atoms with E-state index < -0.39 is 10.0 Å². The highest BCUT2D eigenvalue weighted by atomic mass is 32.2. The molecule has 0 amide bonds. The van der Waals surface area contributed by atoms with Crippen LogP contribution >= 0.6 is 0 Å². The molecular formula is C13H27N5O2S. The molecule has 0 atom stereocenters. The lowest BCUT2D eigenvalue weighted by Gasteiger charge is -2.33. The number of likely N-dealkylation sites (tertiary alicyclic amines) is 1. The van der Waals surface area contributed by atoms with Gasteiger partial charge < -0.3 is 15.5 Å². The Morgan fingerprint density at radius 1 is 1.19 bits per heavy atom. The lowest BCUT2D eigenvalue weighted by Crippen LogP contribution is -2.50. The molecule has 1 aliphatic carbocycles. The summed E-state index contributed by atoms with van der Waals surface area (Å²) in [5.74, 6) is 0.746. The number of hydrogen-bond donors (Lipinski definition) is 3. The fourth-order valence-corrected chi connectivity index (χ4v) is 3.13. The largest absolute Gasteiger partial charge is 0.355 e. The van der Waals surface area contributed by atoms with Crippen molar-refractivity contribution in [3.8, 4) is 0 Å². The van der Waals surface area contributed by atoms with Gasteiger partial charge in [0.05, 0.1) is 6.26 Å². The summed E-state index contributed by atoms with van der Waals surface area (Å²) in [4.78, 5) is 6.77. The van der Waals surface area contributed by atoms with Gasteiger partial charge in [0.2, 0.25) is 10.0 Å². The molecule has 1 aliphatic heterocycles. The summed E-state index contributed by atoms with van der Waals surface area (Å²) in [5, 5.41) is 6.55. The Kier molecular flexibility index (Phi) is 5.83. The van der Waals surface area contributed by atoms with Crippen molar-refractivity contribution >= 4 is 16.0 Å². The van der Waals surface area contributed by atoms with Crippen molar-refractivity contribution in [2.45, 2.75) is 37.8 Å². The Bertz CT molecular complexity index is 453. The highest BCUT2D eigenvalue weighted by Crippen LogP contribution is 2.29. The number of aliphatic imine (C=N–C) groups is 1. The quantitative estimate of drug-likeness (QED) is 0.344. The Balaban J connectivity index is 1.63. The maximum Gasteiger partial charge on any atom is 0.208 e. The van der Waals surface area contributed by atoms with Crippen LogP contribution in [0.4, 0.5) is 0 Å². The van der Waals surface area contributed by atoms with Gasteiger partial charge >= 0.3 is 0 Å². The van der Waals surface area contributed by atoms with Crippen LogP contribution < -0.4 is 15.4 Å². The van der Waals surface area contributed by atoms with E-state index in [1.807, 2.05) is 0 Å².